The van der Waals surface area contributed by atoms with Crippen molar-refractivity contribution in [3.63, 3.8) is 0 Å². The molecule has 112 valence electrons. The first-order chi connectivity index (χ1) is 10.2. The number of allylic oxidation sites excluding steroid dienone is 2. The van der Waals surface area contributed by atoms with Crippen LogP contribution in [-0.4, -0.2) is 25.6 Å². The van der Waals surface area contributed by atoms with E-state index in [-0.39, 0.29) is 24.4 Å². The van der Waals surface area contributed by atoms with Crippen molar-refractivity contribution < 1.29 is 19.1 Å². The zero-order chi connectivity index (χ0) is 15.1. The summed E-state index contributed by atoms with van der Waals surface area (Å²) in [5.74, 6) is -0.252. The fourth-order valence-corrected chi connectivity index (χ4v) is 2.20. The van der Waals surface area contributed by atoms with Gasteiger partial charge in [0.25, 0.3) is 5.91 Å². The molecule has 0 fully saturated rings. The van der Waals surface area contributed by atoms with E-state index in [9.17, 15) is 9.59 Å². The van der Waals surface area contributed by atoms with Crippen LogP contribution in [0.25, 0.3) is 0 Å². The lowest BCUT2D eigenvalue weighted by Gasteiger charge is -2.16. The Morgan fingerprint density at radius 2 is 2.10 bits per heavy atom. The molecule has 0 spiro atoms. The molecule has 5 heteroatoms. The molecule has 1 amide bonds. The Bertz CT molecular complexity index is 539. The quantitative estimate of drug-likeness (QED) is 0.668. The van der Waals surface area contributed by atoms with Crippen molar-refractivity contribution in [3.8, 4) is 5.75 Å². The summed E-state index contributed by atoms with van der Waals surface area (Å²) < 4.78 is 10.2. The fourth-order valence-electron chi connectivity index (χ4n) is 2.20. The van der Waals surface area contributed by atoms with Crippen molar-refractivity contribution >= 4 is 17.6 Å². The van der Waals surface area contributed by atoms with E-state index in [1.165, 1.54) is 7.11 Å². The first-order valence-corrected chi connectivity index (χ1v) is 6.95. The van der Waals surface area contributed by atoms with E-state index in [1.54, 1.807) is 18.2 Å². The van der Waals surface area contributed by atoms with Crippen molar-refractivity contribution in [3.05, 3.63) is 36.4 Å². The minimum absolute atomic E-state index is 0.130. The summed E-state index contributed by atoms with van der Waals surface area (Å²) in [7, 11) is 1.53. The minimum atomic E-state index is -0.376. The molecular formula is C16H19NO4. The molecule has 1 aromatic rings. The van der Waals surface area contributed by atoms with Crippen LogP contribution in [-0.2, 0) is 14.3 Å². The molecule has 0 bridgehead atoms. The lowest BCUT2D eigenvalue weighted by molar-refractivity contribution is -0.151. The zero-order valence-electron chi connectivity index (χ0n) is 12.0. The van der Waals surface area contributed by atoms with E-state index < -0.39 is 0 Å². The van der Waals surface area contributed by atoms with E-state index >= 15 is 0 Å². The molecule has 0 unspecified atom stereocenters. The second-order valence-corrected chi connectivity index (χ2v) is 4.84. The summed E-state index contributed by atoms with van der Waals surface area (Å²) in [5.41, 5.74) is 0.557. The molecule has 1 atom stereocenters. The van der Waals surface area contributed by atoms with E-state index in [0.29, 0.717) is 17.9 Å². The van der Waals surface area contributed by atoms with Crippen molar-refractivity contribution in [2.75, 3.05) is 19.0 Å². The van der Waals surface area contributed by atoms with Gasteiger partial charge in [0.1, 0.15) is 5.75 Å². The summed E-state index contributed by atoms with van der Waals surface area (Å²) >= 11 is 0. The second kappa shape index (κ2) is 7.47. The highest BCUT2D eigenvalue weighted by molar-refractivity contribution is 5.94. The van der Waals surface area contributed by atoms with Gasteiger partial charge in [0, 0.05) is 0 Å². The number of nitrogens with one attached hydrogen (secondary N) is 1. The standard InChI is InChI=1S/C16H19NO4/c1-20-14-10-6-5-9-13(14)17-15(18)11-21-16(19)12-7-3-2-4-8-12/h2-3,5-6,9-10,12H,4,7-8,11H2,1H3,(H,17,18)/t12-/m0/s1. The predicted molar refractivity (Wildman–Crippen MR) is 79.1 cm³/mol. The van der Waals surface area contributed by atoms with Crippen LogP contribution in [0, 0.1) is 5.92 Å². The molecule has 0 saturated heterocycles. The first kappa shape index (κ1) is 15.1. The van der Waals surface area contributed by atoms with Crippen LogP contribution in [0.4, 0.5) is 5.69 Å². The maximum Gasteiger partial charge on any atom is 0.309 e. The molecule has 1 N–H and O–H groups in total. The van der Waals surface area contributed by atoms with Crippen molar-refractivity contribution in [2.24, 2.45) is 5.92 Å². The minimum Gasteiger partial charge on any atom is -0.495 e. The molecule has 0 saturated carbocycles. The van der Waals surface area contributed by atoms with Gasteiger partial charge in [-0.2, -0.15) is 0 Å². The van der Waals surface area contributed by atoms with E-state index in [0.717, 1.165) is 12.8 Å². The summed E-state index contributed by atoms with van der Waals surface area (Å²) in [4.78, 5) is 23.6. The summed E-state index contributed by atoms with van der Waals surface area (Å²) in [6.07, 6.45) is 6.38. The summed E-state index contributed by atoms with van der Waals surface area (Å²) in [6.45, 7) is -0.281. The largest absolute Gasteiger partial charge is 0.495 e. The van der Waals surface area contributed by atoms with Crippen LogP contribution in [0.15, 0.2) is 36.4 Å². The van der Waals surface area contributed by atoms with Gasteiger partial charge < -0.3 is 14.8 Å². The van der Waals surface area contributed by atoms with Crippen LogP contribution >= 0.6 is 0 Å². The Morgan fingerprint density at radius 3 is 2.81 bits per heavy atom. The Balaban J connectivity index is 1.82. The normalized spacial score (nSPS) is 17.1. The lowest BCUT2D eigenvalue weighted by Crippen LogP contribution is -2.25. The molecule has 21 heavy (non-hydrogen) atoms. The second-order valence-electron chi connectivity index (χ2n) is 4.84. The summed E-state index contributed by atoms with van der Waals surface area (Å²) in [6, 6.07) is 7.07. The van der Waals surface area contributed by atoms with Crippen molar-refractivity contribution in [2.45, 2.75) is 19.3 Å². The van der Waals surface area contributed by atoms with Gasteiger partial charge in [-0.05, 0) is 31.4 Å². The number of amides is 1. The molecule has 0 aliphatic heterocycles. The Kier molecular flexibility index (Phi) is 5.37. The van der Waals surface area contributed by atoms with Crippen LogP contribution < -0.4 is 10.1 Å². The highest BCUT2D eigenvalue weighted by atomic mass is 16.5. The van der Waals surface area contributed by atoms with Gasteiger partial charge in [-0.25, -0.2) is 0 Å². The van der Waals surface area contributed by atoms with Crippen LogP contribution in [0.3, 0.4) is 0 Å². The maximum atomic E-state index is 11.8. The van der Waals surface area contributed by atoms with E-state index in [2.05, 4.69) is 11.4 Å². The summed E-state index contributed by atoms with van der Waals surface area (Å²) in [5, 5.41) is 2.66. The number of hydrogen-bond donors (Lipinski definition) is 1. The third-order valence-corrected chi connectivity index (χ3v) is 3.33. The third-order valence-electron chi connectivity index (χ3n) is 3.33. The number of para-hydroxylation sites is 2. The smallest absolute Gasteiger partial charge is 0.309 e. The number of hydrogen-bond acceptors (Lipinski definition) is 4. The van der Waals surface area contributed by atoms with Gasteiger partial charge >= 0.3 is 5.97 Å². The molecule has 0 aromatic heterocycles. The van der Waals surface area contributed by atoms with Gasteiger partial charge in [0.05, 0.1) is 18.7 Å². The van der Waals surface area contributed by atoms with E-state index in [1.807, 2.05) is 12.1 Å². The molecule has 0 radical (unpaired) electrons. The Hall–Kier alpha value is -2.30. The number of methoxy groups -OCH3 is 1. The highest BCUT2D eigenvalue weighted by Crippen LogP contribution is 2.23. The number of carbonyl (C=O) groups is 2. The predicted octanol–water partition coefficient (Wildman–Crippen LogP) is 2.53. The molecule has 5 nitrogen and oxygen atoms in total. The number of benzene rings is 1. The average molecular weight is 289 g/mol. The third kappa shape index (κ3) is 4.34. The zero-order valence-corrected chi connectivity index (χ0v) is 12.0. The number of esters is 1. The topological polar surface area (TPSA) is 64.6 Å². The van der Waals surface area contributed by atoms with Crippen LogP contribution in [0.2, 0.25) is 0 Å². The number of carbonyl (C=O) groups excluding carboxylic acids is 2. The number of anilines is 1. The van der Waals surface area contributed by atoms with Gasteiger partial charge in [-0.3, -0.25) is 9.59 Å². The van der Waals surface area contributed by atoms with Crippen molar-refractivity contribution in [1.82, 2.24) is 0 Å². The molecule has 1 aromatic carbocycles. The number of ether oxygens (including phenoxy) is 2. The van der Waals surface area contributed by atoms with Gasteiger partial charge in [0.2, 0.25) is 0 Å². The highest BCUT2D eigenvalue weighted by Gasteiger charge is 2.21. The lowest BCUT2D eigenvalue weighted by atomic mass is 9.95. The number of rotatable bonds is 5. The molecule has 0 heterocycles. The van der Waals surface area contributed by atoms with Crippen LogP contribution in [0.1, 0.15) is 19.3 Å². The van der Waals surface area contributed by atoms with Crippen molar-refractivity contribution in [1.29, 1.82) is 0 Å². The van der Waals surface area contributed by atoms with Crippen LogP contribution in [0.5, 0.6) is 5.75 Å². The monoisotopic (exact) mass is 289 g/mol. The Morgan fingerprint density at radius 1 is 1.29 bits per heavy atom. The maximum absolute atomic E-state index is 11.8. The first-order valence-electron chi connectivity index (χ1n) is 6.95. The SMILES string of the molecule is COc1ccccc1NC(=O)COC(=O)[C@H]1CC=CCC1. The van der Waals surface area contributed by atoms with Gasteiger partial charge in [-0.1, -0.05) is 24.3 Å². The molecule has 2 rings (SSSR count). The molecule has 1 aliphatic rings. The fraction of sp³-hybridized carbons (Fsp3) is 0.375. The molecular weight excluding hydrogens is 270 g/mol. The molecule has 1 aliphatic carbocycles. The van der Waals surface area contributed by atoms with Gasteiger partial charge in [0.15, 0.2) is 6.61 Å². The Labute approximate surface area is 123 Å². The average Bonchev–Trinajstić information content (AvgIpc) is 2.54. The van der Waals surface area contributed by atoms with E-state index in [4.69, 9.17) is 9.47 Å². The van der Waals surface area contributed by atoms with Gasteiger partial charge in [-0.15, -0.1) is 0 Å².